The molecule has 0 N–H and O–H groups in total. The van der Waals surface area contributed by atoms with Crippen LogP contribution in [-0.2, 0) is 10.2 Å². The van der Waals surface area contributed by atoms with E-state index in [0.717, 1.165) is 29.2 Å². The van der Waals surface area contributed by atoms with Crippen molar-refractivity contribution in [2.24, 2.45) is 0 Å². The van der Waals surface area contributed by atoms with E-state index in [4.69, 9.17) is 4.98 Å². The fourth-order valence-electron chi connectivity index (χ4n) is 2.76. The number of nitrogens with zero attached hydrogens (tertiary/aromatic N) is 4. The Morgan fingerprint density at radius 2 is 2.00 bits per heavy atom. The van der Waals surface area contributed by atoms with Gasteiger partial charge in [-0.15, -0.1) is 11.3 Å². The quantitative estimate of drug-likeness (QED) is 0.846. The van der Waals surface area contributed by atoms with Gasteiger partial charge in [-0.3, -0.25) is 4.98 Å². The zero-order chi connectivity index (χ0) is 16.4. The molecule has 23 heavy (non-hydrogen) atoms. The van der Waals surface area contributed by atoms with E-state index >= 15 is 0 Å². The van der Waals surface area contributed by atoms with E-state index < -0.39 is 10.2 Å². The van der Waals surface area contributed by atoms with Gasteiger partial charge in [-0.2, -0.15) is 17.0 Å². The van der Waals surface area contributed by atoms with Crippen molar-refractivity contribution in [3.8, 4) is 10.7 Å². The van der Waals surface area contributed by atoms with Crippen LogP contribution in [0.4, 0.5) is 0 Å². The van der Waals surface area contributed by atoms with Gasteiger partial charge < -0.3 is 0 Å². The minimum Gasteiger partial charge on any atom is -0.250 e. The summed E-state index contributed by atoms with van der Waals surface area (Å²) < 4.78 is 27.2. The highest BCUT2D eigenvalue weighted by atomic mass is 32.2. The number of rotatable bonds is 4. The smallest absolute Gasteiger partial charge is 0.250 e. The first kappa shape index (κ1) is 16.5. The Morgan fingerprint density at radius 3 is 2.61 bits per heavy atom. The van der Waals surface area contributed by atoms with Gasteiger partial charge >= 0.3 is 0 Å². The molecule has 0 spiro atoms. The molecule has 0 bridgehead atoms. The van der Waals surface area contributed by atoms with Gasteiger partial charge in [0.15, 0.2) is 0 Å². The van der Waals surface area contributed by atoms with Crippen molar-refractivity contribution in [2.75, 3.05) is 27.2 Å². The minimum absolute atomic E-state index is 0.295. The van der Waals surface area contributed by atoms with E-state index in [9.17, 15) is 8.42 Å². The number of pyridine rings is 1. The Bertz CT molecular complexity index is 752. The third kappa shape index (κ3) is 3.45. The van der Waals surface area contributed by atoms with E-state index in [1.807, 2.05) is 23.6 Å². The van der Waals surface area contributed by atoms with Gasteiger partial charge in [-0.25, -0.2) is 4.98 Å². The van der Waals surface area contributed by atoms with Crippen LogP contribution in [0.15, 0.2) is 29.8 Å². The number of piperidine rings is 1. The van der Waals surface area contributed by atoms with Gasteiger partial charge in [-0.1, -0.05) is 6.07 Å². The molecule has 124 valence electrons. The minimum atomic E-state index is -3.31. The summed E-state index contributed by atoms with van der Waals surface area (Å²) >= 11 is 1.57. The number of hydrogen-bond donors (Lipinski definition) is 0. The van der Waals surface area contributed by atoms with E-state index in [0.29, 0.717) is 19.0 Å². The molecular formula is C15H20N4O2S2. The molecule has 2 aromatic rings. The lowest BCUT2D eigenvalue weighted by atomic mass is 9.94. The molecule has 0 saturated carbocycles. The number of hydrogen-bond acceptors (Lipinski definition) is 5. The van der Waals surface area contributed by atoms with Gasteiger partial charge in [0.05, 0.1) is 5.69 Å². The van der Waals surface area contributed by atoms with Gasteiger partial charge in [0.2, 0.25) is 0 Å². The average molecular weight is 352 g/mol. The van der Waals surface area contributed by atoms with Crippen molar-refractivity contribution in [3.63, 3.8) is 0 Å². The Balaban J connectivity index is 1.72. The molecule has 0 unspecified atom stereocenters. The van der Waals surface area contributed by atoms with Crippen LogP contribution in [0.5, 0.6) is 0 Å². The van der Waals surface area contributed by atoms with Crippen LogP contribution < -0.4 is 0 Å². The maximum absolute atomic E-state index is 12.2. The summed E-state index contributed by atoms with van der Waals surface area (Å²) in [5.74, 6) is 0.295. The van der Waals surface area contributed by atoms with Crippen molar-refractivity contribution < 1.29 is 8.42 Å². The van der Waals surface area contributed by atoms with Gasteiger partial charge in [0.1, 0.15) is 5.01 Å². The number of aromatic nitrogens is 2. The summed E-state index contributed by atoms with van der Waals surface area (Å²) in [6, 6.07) is 5.99. The second kappa shape index (κ2) is 6.64. The van der Waals surface area contributed by atoms with E-state index in [1.165, 1.54) is 4.31 Å². The average Bonchev–Trinajstić information content (AvgIpc) is 3.09. The van der Waals surface area contributed by atoms with Crippen LogP contribution in [0, 0.1) is 0 Å². The highest BCUT2D eigenvalue weighted by molar-refractivity contribution is 7.86. The lowest BCUT2D eigenvalue weighted by Gasteiger charge is -2.32. The monoisotopic (exact) mass is 352 g/mol. The summed E-state index contributed by atoms with van der Waals surface area (Å²) in [4.78, 5) is 9.03. The first-order chi connectivity index (χ1) is 11.0. The van der Waals surface area contributed by atoms with Crippen LogP contribution >= 0.6 is 11.3 Å². The lowest BCUT2D eigenvalue weighted by molar-refractivity contribution is 0.300. The third-order valence-corrected chi connectivity index (χ3v) is 6.82. The second-order valence-electron chi connectivity index (χ2n) is 5.75. The normalized spacial score (nSPS) is 17.7. The Hall–Kier alpha value is -1.35. The van der Waals surface area contributed by atoms with E-state index in [-0.39, 0.29) is 0 Å². The summed E-state index contributed by atoms with van der Waals surface area (Å²) in [5, 5.41) is 2.85. The maximum Gasteiger partial charge on any atom is 0.281 e. The predicted octanol–water partition coefficient (Wildman–Crippen LogP) is 2.19. The Labute approximate surface area is 141 Å². The van der Waals surface area contributed by atoms with Crippen molar-refractivity contribution in [2.45, 2.75) is 18.8 Å². The van der Waals surface area contributed by atoms with Gasteiger partial charge in [-0.05, 0) is 25.0 Å². The predicted molar refractivity (Wildman–Crippen MR) is 91.5 cm³/mol. The highest BCUT2D eigenvalue weighted by Gasteiger charge is 2.30. The fourth-order valence-corrected chi connectivity index (χ4v) is 4.50. The van der Waals surface area contributed by atoms with Crippen molar-refractivity contribution in [1.29, 1.82) is 0 Å². The summed E-state index contributed by atoms with van der Waals surface area (Å²) in [6.45, 7) is 1.07. The molecular weight excluding hydrogens is 332 g/mol. The Kier molecular flexibility index (Phi) is 4.77. The first-order valence-corrected chi connectivity index (χ1v) is 9.80. The molecule has 1 fully saturated rings. The van der Waals surface area contributed by atoms with Gasteiger partial charge in [0, 0.05) is 50.4 Å². The molecule has 0 atom stereocenters. The van der Waals surface area contributed by atoms with Crippen LogP contribution in [0.1, 0.15) is 24.5 Å². The van der Waals surface area contributed by atoms with Crippen molar-refractivity contribution >= 4 is 21.5 Å². The van der Waals surface area contributed by atoms with E-state index in [1.54, 1.807) is 35.9 Å². The number of thiazole rings is 1. The van der Waals surface area contributed by atoms with E-state index in [2.05, 4.69) is 4.98 Å². The summed E-state index contributed by atoms with van der Waals surface area (Å²) in [6.07, 6.45) is 3.36. The first-order valence-electron chi connectivity index (χ1n) is 7.53. The molecule has 1 aliphatic heterocycles. The molecule has 0 amide bonds. The van der Waals surface area contributed by atoms with Crippen molar-refractivity contribution in [3.05, 3.63) is 35.5 Å². The zero-order valence-electron chi connectivity index (χ0n) is 13.2. The van der Waals surface area contributed by atoms with Crippen LogP contribution in [0.25, 0.3) is 10.7 Å². The lowest BCUT2D eigenvalue weighted by Crippen LogP contribution is -2.44. The van der Waals surface area contributed by atoms with Crippen molar-refractivity contribution in [1.82, 2.24) is 18.6 Å². The molecule has 6 nitrogen and oxygen atoms in total. The standard InChI is InChI=1S/C15H20N4O2S2/c1-18(2)23(20,21)19-9-6-12(7-10-19)13-4-3-5-14(17-13)15-16-8-11-22-15/h3-5,8,11-12H,6-7,9-10H2,1-2H3. The third-order valence-electron chi connectivity index (χ3n) is 4.08. The zero-order valence-corrected chi connectivity index (χ0v) is 14.8. The molecule has 1 aliphatic rings. The topological polar surface area (TPSA) is 66.4 Å². The molecule has 0 radical (unpaired) electrons. The molecule has 1 saturated heterocycles. The van der Waals surface area contributed by atoms with Crippen LogP contribution in [0.3, 0.4) is 0 Å². The molecule has 3 heterocycles. The van der Waals surface area contributed by atoms with Crippen LogP contribution in [-0.4, -0.2) is 54.2 Å². The largest absolute Gasteiger partial charge is 0.281 e. The SMILES string of the molecule is CN(C)S(=O)(=O)N1CCC(c2cccc(-c3nccs3)n2)CC1. The summed E-state index contributed by atoms with van der Waals surface area (Å²) in [7, 11) is -0.171. The second-order valence-corrected chi connectivity index (χ2v) is 8.79. The molecule has 8 heteroatoms. The molecule has 3 rings (SSSR count). The summed E-state index contributed by atoms with van der Waals surface area (Å²) in [5.41, 5.74) is 1.92. The fraction of sp³-hybridized carbons (Fsp3) is 0.467. The molecule has 0 aromatic carbocycles. The van der Waals surface area contributed by atoms with Gasteiger partial charge in [0.25, 0.3) is 10.2 Å². The molecule has 0 aliphatic carbocycles. The Morgan fingerprint density at radius 1 is 1.26 bits per heavy atom. The maximum atomic E-state index is 12.2. The highest BCUT2D eigenvalue weighted by Crippen LogP contribution is 2.30. The molecule has 2 aromatic heterocycles. The van der Waals surface area contributed by atoms with Crippen LogP contribution in [0.2, 0.25) is 0 Å².